The summed E-state index contributed by atoms with van der Waals surface area (Å²) in [6.07, 6.45) is 2.82. The minimum Gasteiger partial charge on any atom is -0.485 e. The molecule has 196 valence electrons. The predicted octanol–water partition coefficient (Wildman–Crippen LogP) is 4.89. The van der Waals surface area contributed by atoms with E-state index in [9.17, 15) is 19.8 Å². The quantitative estimate of drug-likeness (QED) is 0.618. The number of aryl methyl sites for hydroxylation is 3. The first kappa shape index (κ1) is 25.6. The highest BCUT2D eigenvalue weighted by atomic mass is 19.1. The van der Waals surface area contributed by atoms with Gasteiger partial charge >= 0.3 is 0 Å². The number of alkyl halides is 1. The van der Waals surface area contributed by atoms with Crippen LogP contribution in [0.4, 0.5) is 4.39 Å². The molecule has 6 heteroatoms. The van der Waals surface area contributed by atoms with Crippen molar-refractivity contribution in [1.82, 2.24) is 0 Å². The lowest BCUT2D eigenvalue weighted by atomic mass is 9.44. The van der Waals surface area contributed by atoms with Crippen LogP contribution in [0.1, 0.15) is 75.5 Å². The third-order valence-corrected chi connectivity index (χ3v) is 10.6. The van der Waals surface area contributed by atoms with Crippen molar-refractivity contribution in [3.63, 3.8) is 0 Å². The summed E-state index contributed by atoms with van der Waals surface area (Å²) in [5, 5.41) is 23.3. The number of ether oxygens (including phenoxy) is 1. The van der Waals surface area contributed by atoms with E-state index in [0.29, 0.717) is 31.4 Å². The Balaban J connectivity index is 1.43. The van der Waals surface area contributed by atoms with Crippen molar-refractivity contribution >= 4 is 11.6 Å². The van der Waals surface area contributed by atoms with Crippen LogP contribution in [-0.4, -0.2) is 45.8 Å². The summed E-state index contributed by atoms with van der Waals surface area (Å²) in [5.74, 6) is -0.449. The fraction of sp³-hybridized carbons (Fsp3) is 0.667. The van der Waals surface area contributed by atoms with Crippen molar-refractivity contribution in [2.45, 2.75) is 96.9 Å². The first-order chi connectivity index (χ1) is 16.8. The zero-order valence-electron chi connectivity index (χ0n) is 22.1. The Hall–Kier alpha value is -2.05. The maximum atomic E-state index is 17.2. The molecule has 0 amide bonds. The smallest absolute Gasteiger partial charge is 0.202 e. The average molecular weight is 499 g/mol. The second-order valence-electron chi connectivity index (χ2n) is 12.5. The van der Waals surface area contributed by atoms with Crippen molar-refractivity contribution < 1.29 is 28.9 Å². The maximum absolute atomic E-state index is 17.2. The Kier molecular flexibility index (Phi) is 5.85. The molecule has 1 aromatic carbocycles. The molecule has 0 radical (unpaired) electrons. The van der Waals surface area contributed by atoms with Gasteiger partial charge in [0.2, 0.25) is 5.78 Å². The first-order valence-electron chi connectivity index (χ1n) is 13.3. The van der Waals surface area contributed by atoms with Gasteiger partial charge in [-0.3, -0.25) is 9.59 Å². The highest BCUT2D eigenvalue weighted by Gasteiger charge is 2.74. The Morgan fingerprint density at radius 2 is 1.75 bits per heavy atom. The number of aliphatic hydroxyl groups excluding tert-OH is 1. The van der Waals surface area contributed by atoms with Gasteiger partial charge in [-0.1, -0.05) is 37.1 Å². The number of fused-ring (bicyclic) bond motifs is 5. The van der Waals surface area contributed by atoms with Gasteiger partial charge in [0.15, 0.2) is 5.78 Å². The number of aliphatic hydroxyl groups is 2. The van der Waals surface area contributed by atoms with Crippen LogP contribution in [0.2, 0.25) is 0 Å². The molecule has 0 spiro atoms. The summed E-state index contributed by atoms with van der Waals surface area (Å²) < 4.78 is 23.2. The maximum Gasteiger partial charge on any atom is 0.202 e. The van der Waals surface area contributed by atoms with E-state index in [1.54, 1.807) is 6.08 Å². The Morgan fingerprint density at radius 3 is 2.42 bits per heavy atom. The summed E-state index contributed by atoms with van der Waals surface area (Å²) in [6.45, 7) is 9.32. The predicted molar refractivity (Wildman–Crippen MR) is 135 cm³/mol. The van der Waals surface area contributed by atoms with Crippen molar-refractivity contribution in [2.24, 2.45) is 22.7 Å². The number of allylic oxidation sites excluding steroid dienone is 1. The number of halogens is 1. The number of hydrogen-bond acceptors (Lipinski definition) is 5. The van der Waals surface area contributed by atoms with E-state index >= 15 is 4.39 Å². The van der Waals surface area contributed by atoms with Crippen LogP contribution in [0.25, 0.3) is 0 Å². The van der Waals surface area contributed by atoms with Crippen molar-refractivity contribution in [2.75, 3.05) is 6.61 Å². The zero-order valence-corrected chi connectivity index (χ0v) is 22.1. The van der Waals surface area contributed by atoms with E-state index in [2.05, 4.69) is 0 Å². The SMILES string of the molecule is Cc1cc(C)c(OCC(=O)[C@@]2(O)CCC3C4CCC5=CC(=O)CCC5(C)[C@@]4(F)[C@@H](O)CC32C)c(C)c1. The molecule has 5 nitrogen and oxygen atoms in total. The van der Waals surface area contributed by atoms with E-state index in [1.807, 2.05) is 46.8 Å². The zero-order chi connectivity index (χ0) is 26.3. The van der Waals surface area contributed by atoms with E-state index in [-0.39, 0.29) is 37.6 Å². The van der Waals surface area contributed by atoms with Gasteiger partial charge in [0.25, 0.3) is 0 Å². The number of carbonyl (C=O) groups is 2. The van der Waals surface area contributed by atoms with E-state index < -0.39 is 39.9 Å². The van der Waals surface area contributed by atoms with Crippen LogP contribution >= 0.6 is 0 Å². The van der Waals surface area contributed by atoms with Gasteiger partial charge < -0.3 is 14.9 Å². The van der Waals surface area contributed by atoms with E-state index in [4.69, 9.17) is 4.74 Å². The number of ketones is 2. The molecule has 5 rings (SSSR count). The molecule has 1 aromatic rings. The van der Waals surface area contributed by atoms with Crippen molar-refractivity contribution in [3.05, 3.63) is 40.5 Å². The molecule has 0 aromatic heterocycles. The van der Waals surface area contributed by atoms with Gasteiger partial charge in [-0.2, -0.15) is 0 Å². The minimum atomic E-state index is -1.89. The molecule has 4 aliphatic rings. The number of Topliss-reactive ketones (excluding diaryl/α,β-unsaturated/α-hetero) is 1. The minimum absolute atomic E-state index is 0.00626. The molecule has 3 saturated carbocycles. The molecule has 4 unspecified atom stereocenters. The number of carbonyl (C=O) groups excluding carboxylic acids is 2. The normalized spacial score (nSPS) is 41.7. The third kappa shape index (κ3) is 3.26. The number of hydrogen-bond donors (Lipinski definition) is 2. The lowest BCUT2D eigenvalue weighted by Crippen LogP contribution is -2.69. The second kappa shape index (κ2) is 8.22. The molecule has 36 heavy (non-hydrogen) atoms. The van der Waals surface area contributed by atoms with Crippen LogP contribution in [-0.2, 0) is 9.59 Å². The standard InChI is InChI=1S/C30H39FO5/c1-17-12-18(2)26(19(3)13-17)36-16-25(34)29(35)11-9-22-23-7-6-20-14-21(32)8-10-27(20,4)30(23,31)24(33)15-28(22,29)5/h12-14,22-24,33,35H,6-11,15-16H2,1-5H3/t22?,23?,24-,27?,28?,29-,30-/m0/s1. The van der Waals surface area contributed by atoms with Crippen LogP contribution in [0, 0.1) is 43.4 Å². The fourth-order valence-electron chi connectivity index (χ4n) is 8.68. The van der Waals surface area contributed by atoms with Gasteiger partial charge in [0.1, 0.15) is 23.6 Å². The van der Waals surface area contributed by atoms with Gasteiger partial charge in [0.05, 0.1) is 6.10 Å². The lowest BCUT2D eigenvalue weighted by molar-refractivity contribution is -0.226. The van der Waals surface area contributed by atoms with E-state index in [1.165, 1.54) is 0 Å². The summed E-state index contributed by atoms with van der Waals surface area (Å²) >= 11 is 0. The number of rotatable bonds is 4. The Morgan fingerprint density at radius 1 is 1.08 bits per heavy atom. The number of benzene rings is 1. The Bertz CT molecular complexity index is 1130. The molecule has 3 fully saturated rings. The average Bonchev–Trinajstić information content (AvgIpc) is 3.06. The highest BCUT2D eigenvalue weighted by molar-refractivity contribution is 5.92. The molecular formula is C30H39FO5. The fourth-order valence-corrected chi connectivity index (χ4v) is 8.68. The highest BCUT2D eigenvalue weighted by Crippen LogP contribution is 2.70. The van der Waals surface area contributed by atoms with Crippen LogP contribution < -0.4 is 4.74 Å². The summed E-state index contributed by atoms with van der Waals surface area (Å²) in [6, 6.07) is 4.00. The van der Waals surface area contributed by atoms with Crippen LogP contribution in [0.3, 0.4) is 0 Å². The molecule has 4 aliphatic carbocycles. The molecule has 0 saturated heterocycles. The lowest BCUT2D eigenvalue weighted by Gasteiger charge is -2.63. The first-order valence-corrected chi connectivity index (χ1v) is 13.3. The summed E-state index contributed by atoms with van der Waals surface area (Å²) in [5.41, 5.74) is -1.64. The van der Waals surface area contributed by atoms with Crippen molar-refractivity contribution in [3.8, 4) is 5.75 Å². The van der Waals surface area contributed by atoms with Gasteiger partial charge in [-0.05, 0) is 82.4 Å². The molecule has 7 atom stereocenters. The Labute approximate surface area is 213 Å². The monoisotopic (exact) mass is 498 g/mol. The summed E-state index contributed by atoms with van der Waals surface area (Å²) in [4.78, 5) is 25.6. The molecule has 0 bridgehead atoms. The molecular weight excluding hydrogens is 459 g/mol. The topological polar surface area (TPSA) is 83.8 Å². The van der Waals surface area contributed by atoms with Crippen LogP contribution in [0.15, 0.2) is 23.8 Å². The van der Waals surface area contributed by atoms with Gasteiger partial charge in [0, 0.05) is 23.2 Å². The molecule has 2 N–H and O–H groups in total. The van der Waals surface area contributed by atoms with Crippen LogP contribution in [0.5, 0.6) is 5.75 Å². The van der Waals surface area contributed by atoms with Gasteiger partial charge in [-0.25, -0.2) is 4.39 Å². The van der Waals surface area contributed by atoms with E-state index in [0.717, 1.165) is 22.3 Å². The largest absolute Gasteiger partial charge is 0.485 e. The summed E-state index contributed by atoms with van der Waals surface area (Å²) in [7, 11) is 0. The third-order valence-electron chi connectivity index (χ3n) is 10.6. The molecule has 0 aliphatic heterocycles. The second-order valence-corrected chi connectivity index (χ2v) is 12.5. The van der Waals surface area contributed by atoms with Crippen molar-refractivity contribution in [1.29, 1.82) is 0 Å². The van der Waals surface area contributed by atoms with Gasteiger partial charge in [-0.15, -0.1) is 0 Å². The molecule has 0 heterocycles.